The van der Waals surface area contributed by atoms with Crippen LogP contribution >= 0.6 is 11.8 Å². The number of fused-ring (bicyclic) bond motifs is 1. The molecule has 34 heavy (non-hydrogen) atoms. The minimum Gasteiger partial charge on any atom is -0.355 e. The van der Waals surface area contributed by atoms with Crippen molar-refractivity contribution in [3.8, 4) is 22.6 Å². The van der Waals surface area contributed by atoms with Gasteiger partial charge in [0, 0.05) is 29.6 Å². The normalized spacial score (nSPS) is 12.0. The van der Waals surface area contributed by atoms with Crippen LogP contribution in [-0.4, -0.2) is 37.5 Å². The van der Waals surface area contributed by atoms with Gasteiger partial charge in [-0.25, -0.2) is 4.98 Å². The smallest absolute Gasteiger partial charge is 0.233 e. The van der Waals surface area contributed by atoms with Crippen LogP contribution in [0.15, 0.2) is 72.4 Å². The van der Waals surface area contributed by atoms with Gasteiger partial charge in [0.15, 0.2) is 11.0 Å². The lowest BCUT2D eigenvalue weighted by Gasteiger charge is -2.14. The highest BCUT2D eigenvalue weighted by molar-refractivity contribution is 8.00. The number of carbonyl (C=O) groups is 1. The Morgan fingerprint density at radius 1 is 1.18 bits per heavy atom. The molecular formula is C27H29N5OS. The quantitative estimate of drug-likeness (QED) is 0.252. The Bertz CT molecular complexity index is 1310. The van der Waals surface area contributed by atoms with E-state index in [1.807, 2.05) is 42.7 Å². The zero-order valence-corrected chi connectivity index (χ0v) is 20.6. The third-order valence-electron chi connectivity index (χ3n) is 5.53. The number of rotatable bonds is 9. The first kappa shape index (κ1) is 23.7. The summed E-state index contributed by atoms with van der Waals surface area (Å²) in [6, 6.07) is 18.5. The van der Waals surface area contributed by atoms with Crippen LogP contribution in [-0.2, 0) is 11.3 Å². The molecule has 2 aromatic carbocycles. The van der Waals surface area contributed by atoms with Gasteiger partial charge in [-0.1, -0.05) is 72.8 Å². The van der Waals surface area contributed by atoms with Crippen LogP contribution < -0.4 is 5.32 Å². The molecule has 0 aliphatic carbocycles. The molecule has 0 aliphatic rings. The lowest BCUT2D eigenvalue weighted by molar-refractivity contribution is -0.120. The average Bonchev–Trinajstić information content (AvgIpc) is 3.24. The molecule has 4 rings (SSSR count). The largest absolute Gasteiger partial charge is 0.355 e. The summed E-state index contributed by atoms with van der Waals surface area (Å²) in [4.78, 5) is 17.3. The highest BCUT2D eigenvalue weighted by Crippen LogP contribution is 2.33. The van der Waals surface area contributed by atoms with Crippen molar-refractivity contribution >= 4 is 28.6 Å². The molecule has 6 nitrogen and oxygen atoms in total. The van der Waals surface area contributed by atoms with Crippen molar-refractivity contribution in [2.75, 3.05) is 6.54 Å². The van der Waals surface area contributed by atoms with E-state index in [0.717, 1.165) is 40.0 Å². The van der Waals surface area contributed by atoms with Gasteiger partial charge in [-0.3, -0.25) is 9.36 Å². The fourth-order valence-corrected chi connectivity index (χ4v) is 4.59. The van der Waals surface area contributed by atoms with Gasteiger partial charge in [-0.2, -0.15) is 0 Å². The molecule has 1 atom stereocenters. The minimum absolute atomic E-state index is 0.00225. The van der Waals surface area contributed by atoms with Gasteiger partial charge in [0.25, 0.3) is 0 Å². The Labute approximate surface area is 204 Å². The number of pyridine rings is 1. The molecule has 0 radical (unpaired) electrons. The number of aryl methyl sites for hydroxylation is 1. The van der Waals surface area contributed by atoms with Crippen molar-refractivity contribution in [3.05, 3.63) is 72.8 Å². The lowest BCUT2D eigenvalue weighted by Crippen LogP contribution is -2.31. The number of hydrogen-bond acceptors (Lipinski definition) is 5. The molecule has 0 saturated heterocycles. The van der Waals surface area contributed by atoms with Crippen molar-refractivity contribution < 1.29 is 4.79 Å². The second-order valence-corrected chi connectivity index (χ2v) is 9.50. The van der Waals surface area contributed by atoms with Crippen molar-refractivity contribution in [3.63, 3.8) is 0 Å². The monoisotopic (exact) mass is 471 g/mol. The maximum atomic E-state index is 12.4. The predicted octanol–water partition coefficient (Wildman–Crippen LogP) is 5.66. The van der Waals surface area contributed by atoms with Crippen molar-refractivity contribution in [2.24, 2.45) is 0 Å². The topological polar surface area (TPSA) is 72.7 Å². The Kier molecular flexibility index (Phi) is 7.43. The molecule has 1 unspecified atom stereocenters. The maximum Gasteiger partial charge on any atom is 0.233 e. The van der Waals surface area contributed by atoms with Gasteiger partial charge in [0.1, 0.15) is 0 Å². The Morgan fingerprint density at radius 3 is 2.68 bits per heavy atom. The first-order chi connectivity index (χ1) is 16.5. The number of hydrogen-bond donors (Lipinski definition) is 1. The van der Waals surface area contributed by atoms with Crippen molar-refractivity contribution in [2.45, 2.75) is 44.1 Å². The summed E-state index contributed by atoms with van der Waals surface area (Å²) in [5.74, 6) is 0.730. The highest BCUT2D eigenvalue weighted by Gasteiger charge is 2.22. The van der Waals surface area contributed by atoms with E-state index < -0.39 is 0 Å². The van der Waals surface area contributed by atoms with Gasteiger partial charge < -0.3 is 5.32 Å². The molecule has 1 N–H and O–H groups in total. The minimum atomic E-state index is -0.288. The molecule has 7 heteroatoms. The molecule has 0 bridgehead atoms. The highest BCUT2D eigenvalue weighted by atomic mass is 32.2. The second-order valence-electron chi connectivity index (χ2n) is 8.19. The fraction of sp³-hybridized carbons (Fsp3) is 0.259. The number of benzene rings is 2. The molecule has 2 aromatic heterocycles. The van der Waals surface area contributed by atoms with Gasteiger partial charge in [0.2, 0.25) is 5.91 Å². The number of nitrogens with one attached hydrogen (secondary N) is 1. The third-order valence-corrected chi connectivity index (χ3v) is 6.61. The Hall–Kier alpha value is -3.45. The zero-order valence-electron chi connectivity index (χ0n) is 19.8. The summed E-state index contributed by atoms with van der Waals surface area (Å²) in [7, 11) is 0. The van der Waals surface area contributed by atoms with E-state index in [2.05, 4.69) is 65.4 Å². The molecule has 0 saturated carbocycles. The van der Waals surface area contributed by atoms with Gasteiger partial charge >= 0.3 is 0 Å². The maximum absolute atomic E-state index is 12.4. The number of nitrogens with zero attached hydrogens (tertiary/aromatic N) is 4. The van der Waals surface area contributed by atoms with Crippen LogP contribution in [0.4, 0.5) is 0 Å². The number of para-hydroxylation sites is 1. The summed E-state index contributed by atoms with van der Waals surface area (Å²) in [5, 5.41) is 13.4. The van der Waals surface area contributed by atoms with Gasteiger partial charge in [-0.15, -0.1) is 16.8 Å². The first-order valence-corrected chi connectivity index (χ1v) is 12.4. The molecule has 0 fully saturated rings. The van der Waals surface area contributed by atoms with Crippen LogP contribution in [0.3, 0.4) is 0 Å². The molecule has 0 aliphatic heterocycles. The van der Waals surface area contributed by atoms with E-state index in [1.54, 1.807) is 0 Å². The Morgan fingerprint density at radius 2 is 1.94 bits per heavy atom. The third kappa shape index (κ3) is 5.04. The summed E-state index contributed by atoms with van der Waals surface area (Å²) >= 11 is 1.41. The standard InChI is InChI=1S/C27H29N5OS/c1-5-15-28-26(33)19(4)34-27-31-30-25(32(27)16-6-2)22-17-24(20-13-11-18(3)12-14-20)29-23-10-8-7-9-21(22)23/h6-14,17,19H,2,5,15-16H2,1,3-4H3,(H,28,33). The van der Waals surface area contributed by atoms with E-state index in [9.17, 15) is 4.79 Å². The van der Waals surface area contributed by atoms with Crippen LogP contribution in [0.5, 0.6) is 0 Å². The van der Waals surface area contributed by atoms with E-state index in [0.29, 0.717) is 18.2 Å². The number of amides is 1. The van der Waals surface area contributed by atoms with Gasteiger partial charge in [-0.05, 0) is 32.4 Å². The number of allylic oxidation sites excluding steroid dienone is 1. The summed E-state index contributed by atoms with van der Waals surface area (Å²) in [6.07, 6.45) is 2.72. The lowest BCUT2D eigenvalue weighted by atomic mass is 10.0. The summed E-state index contributed by atoms with van der Waals surface area (Å²) in [5.41, 5.74) is 4.97. The molecule has 1 amide bonds. The van der Waals surface area contributed by atoms with Crippen LogP contribution in [0.1, 0.15) is 25.8 Å². The second kappa shape index (κ2) is 10.7. The van der Waals surface area contributed by atoms with Crippen molar-refractivity contribution in [1.29, 1.82) is 0 Å². The van der Waals surface area contributed by atoms with Gasteiger partial charge in [0.05, 0.1) is 16.5 Å². The van der Waals surface area contributed by atoms with Crippen LogP contribution in [0.25, 0.3) is 33.5 Å². The molecular weight excluding hydrogens is 442 g/mol. The van der Waals surface area contributed by atoms with Crippen molar-refractivity contribution in [1.82, 2.24) is 25.1 Å². The molecule has 4 aromatic rings. The first-order valence-electron chi connectivity index (χ1n) is 11.5. The summed E-state index contributed by atoms with van der Waals surface area (Å²) in [6.45, 7) is 11.1. The zero-order chi connectivity index (χ0) is 24.1. The number of carbonyl (C=O) groups excluding carboxylic acids is 1. The predicted molar refractivity (Wildman–Crippen MR) is 140 cm³/mol. The van der Waals surface area contributed by atoms with Crippen LogP contribution in [0.2, 0.25) is 0 Å². The van der Waals surface area contributed by atoms with E-state index in [4.69, 9.17) is 4.98 Å². The van der Waals surface area contributed by atoms with Crippen LogP contribution in [0, 0.1) is 6.92 Å². The van der Waals surface area contributed by atoms with E-state index in [1.165, 1.54) is 17.3 Å². The fourth-order valence-electron chi connectivity index (χ4n) is 3.70. The number of aromatic nitrogens is 4. The van der Waals surface area contributed by atoms with E-state index in [-0.39, 0.29) is 11.2 Å². The number of thioether (sulfide) groups is 1. The van der Waals surface area contributed by atoms with E-state index >= 15 is 0 Å². The Balaban J connectivity index is 1.80. The molecule has 2 heterocycles. The molecule has 0 spiro atoms. The summed E-state index contributed by atoms with van der Waals surface area (Å²) < 4.78 is 2.02. The SMILES string of the molecule is C=CCn1c(SC(C)C(=O)NCCC)nnc1-c1cc(-c2ccc(C)cc2)nc2ccccc12. The molecule has 174 valence electrons. The average molecular weight is 472 g/mol.